The van der Waals surface area contributed by atoms with Gasteiger partial charge < -0.3 is 10.6 Å². The third-order valence-corrected chi connectivity index (χ3v) is 6.07. The van der Waals surface area contributed by atoms with Crippen LogP contribution in [0.5, 0.6) is 0 Å². The first-order valence-corrected chi connectivity index (χ1v) is 8.75. The Morgan fingerprint density at radius 2 is 2.25 bits per heavy atom. The molecule has 2 bridgehead atoms. The smallest absolute Gasteiger partial charge is 0.261 e. The quantitative estimate of drug-likeness (QED) is 0.915. The van der Waals surface area contributed by atoms with Crippen molar-refractivity contribution < 1.29 is 4.79 Å². The van der Waals surface area contributed by atoms with Crippen LogP contribution in [0.15, 0.2) is 29.0 Å². The summed E-state index contributed by atoms with van der Waals surface area (Å²) in [5.74, 6) is 0.0795. The van der Waals surface area contributed by atoms with E-state index >= 15 is 0 Å². The van der Waals surface area contributed by atoms with Crippen molar-refractivity contribution >= 4 is 28.6 Å². The first-order chi connectivity index (χ1) is 9.79. The standard InChI is InChI=1S/C15H16N2OS2/c18-15(17-12-7-10-1-2-11(12)16-10)14-4-3-13(20-14)9-5-6-19-8-9/h3-6,8,10-12,16H,1-2,7H2,(H,17,18). The number of carbonyl (C=O) groups is 1. The molecule has 1 amide bonds. The van der Waals surface area contributed by atoms with Crippen LogP contribution >= 0.6 is 22.7 Å². The van der Waals surface area contributed by atoms with Crippen molar-refractivity contribution in [1.29, 1.82) is 0 Å². The number of hydrogen-bond acceptors (Lipinski definition) is 4. The highest BCUT2D eigenvalue weighted by Crippen LogP contribution is 2.31. The molecule has 0 saturated carbocycles. The van der Waals surface area contributed by atoms with Gasteiger partial charge in [0.1, 0.15) is 0 Å². The van der Waals surface area contributed by atoms with Crippen molar-refractivity contribution in [2.24, 2.45) is 0 Å². The summed E-state index contributed by atoms with van der Waals surface area (Å²) in [6.45, 7) is 0. The molecule has 4 heterocycles. The minimum Gasteiger partial charge on any atom is -0.347 e. The first kappa shape index (κ1) is 12.6. The van der Waals surface area contributed by atoms with Crippen LogP contribution in [0.1, 0.15) is 28.9 Å². The number of carbonyl (C=O) groups excluding carboxylic acids is 1. The van der Waals surface area contributed by atoms with Crippen molar-refractivity contribution in [3.05, 3.63) is 33.8 Å². The molecule has 5 heteroatoms. The second-order valence-electron chi connectivity index (χ2n) is 5.54. The zero-order valence-corrected chi connectivity index (χ0v) is 12.6. The van der Waals surface area contributed by atoms with Gasteiger partial charge in [0.25, 0.3) is 5.91 Å². The van der Waals surface area contributed by atoms with E-state index in [9.17, 15) is 4.79 Å². The molecule has 2 N–H and O–H groups in total. The number of thiophene rings is 2. The Hall–Kier alpha value is -1.17. The molecular formula is C15H16N2OS2. The van der Waals surface area contributed by atoms with E-state index in [0.717, 1.165) is 11.3 Å². The lowest BCUT2D eigenvalue weighted by atomic mass is 9.95. The van der Waals surface area contributed by atoms with Gasteiger partial charge in [-0.1, -0.05) is 0 Å². The van der Waals surface area contributed by atoms with E-state index in [1.165, 1.54) is 23.3 Å². The van der Waals surface area contributed by atoms with Gasteiger partial charge in [0.15, 0.2) is 0 Å². The average Bonchev–Trinajstić information content (AvgIpc) is 3.21. The molecule has 0 radical (unpaired) electrons. The highest BCUT2D eigenvalue weighted by molar-refractivity contribution is 7.17. The number of nitrogens with one attached hydrogen (secondary N) is 2. The van der Waals surface area contributed by atoms with Crippen molar-refractivity contribution in [3.8, 4) is 10.4 Å². The molecule has 4 rings (SSSR count). The molecule has 2 fully saturated rings. The predicted octanol–water partition coefficient (Wildman–Crippen LogP) is 3.10. The lowest BCUT2D eigenvalue weighted by molar-refractivity contribution is 0.0935. The monoisotopic (exact) mass is 304 g/mol. The molecule has 2 aliphatic heterocycles. The van der Waals surface area contributed by atoms with Gasteiger partial charge in [-0.15, -0.1) is 11.3 Å². The topological polar surface area (TPSA) is 41.1 Å². The summed E-state index contributed by atoms with van der Waals surface area (Å²) in [4.78, 5) is 14.3. The van der Waals surface area contributed by atoms with Gasteiger partial charge in [-0.2, -0.15) is 11.3 Å². The van der Waals surface area contributed by atoms with E-state index in [0.29, 0.717) is 18.1 Å². The Balaban J connectivity index is 1.46. The Bertz CT molecular complexity index is 620. The normalized spacial score (nSPS) is 27.9. The van der Waals surface area contributed by atoms with Crippen LogP contribution in [0.25, 0.3) is 10.4 Å². The van der Waals surface area contributed by atoms with Gasteiger partial charge in [0.2, 0.25) is 0 Å². The second-order valence-corrected chi connectivity index (χ2v) is 7.40. The molecule has 3 atom stereocenters. The number of fused-ring (bicyclic) bond motifs is 2. The van der Waals surface area contributed by atoms with Crippen LogP contribution in [0, 0.1) is 0 Å². The Kier molecular flexibility index (Phi) is 3.13. The third-order valence-electron chi connectivity index (χ3n) is 4.25. The van der Waals surface area contributed by atoms with Gasteiger partial charge in [-0.3, -0.25) is 4.79 Å². The fourth-order valence-corrected chi connectivity index (χ4v) is 4.88. The summed E-state index contributed by atoms with van der Waals surface area (Å²) in [7, 11) is 0. The maximum atomic E-state index is 12.3. The second kappa shape index (κ2) is 4.98. The molecule has 2 aromatic heterocycles. The number of hydrogen-bond donors (Lipinski definition) is 2. The predicted molar refractivity (Wildman–Crippen MR) is 83.4 cm³/mol. The number of amides is 1. The van der Waals surface area contributed by atoms with Crippen molar-refractivity contribution in [2.45, 2.75) is 37.4 Å². The van der Waals surface area contributed by atoms with Crippen LogP contribution in [0.4, 0.5) is 0 Å². The van der Waals surface area contributed by atoms with Gasteiger partial charge in [0.05, 0.1) is 4.88 Å². The Morgan fingerprint density at radius 1 is 1.30 bits per heavy atom. The van der Waals surface area contributed by atoms with Crippen LogP contribution in [0.2, 0.25) is 0 Å². The van der Waals surface area contributed by atoms with E-state index in [-0.39, 0.29) is 5.91 Å². The molecule has 2 aromatic rings. The fraction of sp³-hybridized carbons (Fsp3) is 0.400. The summed E-state index contributed by atoms with van der Waals surface area (Å²) >= 11 is 3.26. The molecule has 2 aliphatic rings. The van der Waals surface area contributed by atoms with Gasteiger partial charge in [0, 0.05) is 28.6 Å². The highest BCUT2D eigenvalue weighted by atomic mass is 32.1. The van der Waals surface area contributed by atoms with E-state index < -0.39 is 0 Å². The largest absolute Gasteiger partial charge is 0.347 e. The molecule has 3 nitrogen and oxygen atoms in total. The minimum atomic E-state index is 0.0795. The van der Waals surface area contributed by atoms with Crippen molar-refractivity contribution in [2.75, 3.05) is 0 Å². The van der Waals surface area contributed by atoms with Gasteiger partial charge >= 0.3 is 0 Å². The van der Waals surface area contributed by atoms with Crippen LogP contribution in [-0.4, -0.2) is 24.0 Å². The summed E-state index contributed by atoms with van der Waals surface area (Å²) in [6.07, 6.45) is 3.54. The molecule has 104 valence electrons. The van der Waals surface area contributed by atoms with E-state index in [4.69, 9.17) is 0 Å². The number of rotatable bonds is 3. The fourth-order valence-electron chi connectivity index (χ4n) is 3.24. The average molecular weight is 304 g/mol. The first-order valence-electron chi connectivity index (χ1n) is 6.99. The zero-order valence-electron chi connectivity index (χ0n) is 11.0. The third kappa shape index (κ3) is 2.20. The van der Waals surface area contributed by atoms with Crippen LogP contribution in [-0.2, 0) is 0 Å². The van der Waals surface area contributed by atoms with E-state index in [1.54, 1.807) is 22.7 Å². The maximum Gasteiger partial charge on any atom is 0.261 e. The van der Waals surface area contributed by atoms with Crippen LogP contribution in [0.3, 0.4) is 0 Å². The highest BCUT2D eigenvalue weighted by Gasteiger charge is 2.39. The lowest BCUT2D eigenvalue weighted by Crippen LogP contribution is -2.42. The molecule has 0 aliphatic carbocycles. The Labute approximate surface area is 126 Å². The van der Waals surface area contributed by atoms with Gasteiger partial charge in [-0.25, -0.2) is 0 Å². The van der Waals surface area contributed by atoms with Crippen molar-refractivity contribution in [1.82, 2.24) is 10.6 Å². The summed E-state index contributed by atoms with van der Waals surface area (Å²) < 4.78 is 0. The zero-order chi connectivity index (χ0) is 13.5. The molecule has 3 unspecified atom stereocenters. The molecule has 20 heavy (non-hydrogen) atoms. The molecule has 0 spiro atoms. The summed E-state index contributed by atoms with van der Waals surface area (Å²) in [6, 6.07) is 7.50. The van der Waals surface area contributed by atoms with Crippen LogP contribution < -0.4 is 10.6 Å². The van der Waals surface area contributed by atoms with E-state index in [2.05, 4.69) is 27.5 Å². The van der Waals surface area contributed by atoms with E-state index in [1.807, 2.05) is 12.1 Å². The molecule has 0 aromatic carbocycles. The summed E-state index contributed by atoms with van der Waals surface area (Å²) in [5.41, 5.74) is 1.21. The summed E-state index contributed by atoms with van der Waals surface area (Å²) in [5, 5.41) is 10.9. The lowest BCUT2D eigenvalue weighted by Gasteiger charge is -2.20. The van der Waals surface area contributed by atoms with Crippen molar-refractivity contribution in [3.63, 3.8) is 0 Å². The van der Waals surface area contributed by atoms with Gasteiger partial charge in [-0.05, 0) is 48.2 Å². The maximum absolute atomic E-state index is 12.3. The molecular weight excluding hydrogens is 288 g/mol. The molecule has 2 saturated heterocycles. The Morgan fingerprint density at radius 3 is 2.95 bits per heavy atom. The SMILES string of the molecule is O=C(NC1CC2CCC1N2)c1ccc(-c2ccsc2)s1. The minimum absolute atomic E-state index is 0.0795.